The second-order valence-corrected chi connectivity index (χ2v) is 5.10. The van der Waals surface area contributed by atoms with Crippen LogP contribution >= 0.6 is 0 Å². The second-order valence-electron chi connectivity index (χ2n) is 5.10. The number of aromatic nitrogens is 1. The molecule has 0 N–H and O–H groups in total. The van der Waals surface area contributed by atoms with Gasteiger partial charge in [0.2, 0.25) is 0 Å². The van der Waals surface area contributed by atoms with Crippen LogP contribution in [0.5, 0.6) is 17.2 Å². The number of hydrogen-bond donors (Lipinski definition) is 0. The lowest BCUT2D eigenvalue weighted by Crippen LogP contribution is -2.27. The number of amides is 1. The third kappa shape index (κ3) is 3.08. The molecule has 1 aromatic carbocycles. The minimum absolute atomic E-state index is 0.187. The Labute approximate surface area is 134 Å². The molecule has 0 aliphatic heterocycles. The van der Waals surface area contributed by atoms with Crippen LogP contribution in [0.2, 0.25) is 0 Å². The maximum atomic E-state index is 12.5. The fourth-order valence-electron chi connectivity index (χ4n) is 2.19. The highest BCUT2D eigenvalue weighted by atomic mass is 16.6. The number of pyridine rings is 1. The van der Waals surface area contributed by atoms with Gasteiger partial charge in [-0.3, -0.25) is 4.79 Å². The molecule has 7 heteroatoms. The molecular formula is C16H20N2O5. The van der Waals surface area contributed by atoms with Crippen LogP contribution < -0.4 is 19.8 Å². The molecule has 124 valence electrons. The fourth-order valence-corrected chi connectivity index (χ4v) is 2.19. The number of rotatable bonds is 4. The van der Waals surface area contributed by atoms with Crippen molar-refractivity contribution in [1.82, 2.24) is 9.47 Å². The molecule has 1 aromatic heterocycles. The molecule has 0 saturated carbocycles. The van der Waals surface area contributed by atoms with E-state index in [4.69, 9.17) is 14.2 Å². The van der Waals surface area contributed by atoms with Gasteiger partial charge in [-0.2, -0.15) is 0 Å². The van der Waals surface area contributed by atoms with Crippen LogP contribution in [-0.4, -0.2) is 43.9 Å². The molecule has 0 atom stereocenters. The van der Waals surface area contributed by atoms with Crippen LogP contribution in [0.1, 0.15) is 6.92 Å². The lowest BCUT2D eigenvalue weighted by molar-refractivity contribution is 0.172. The van der Waals surface area contributed by atoms with Gasteiger partial charge in [-0.15, -0.1) is 0 Å². The summed E-state index contributed by atoms with van der Waals surface area (Å²) in [6, 6.07) is 3.23. The largest absolute Gasteiger partial charge is 0.493 e. The lowest BCUT2D eigenvalue weighted by atomic mass is 10.1. The molecule has 1 heterocycles. The van der Waals surface area contributed by atoms with Crippen LogP contribution in [-0.2, 0) is 6.54 Å². The average Bonchev–Trinajstić information content (AvgIpc) is 2.55. The minimum Gasteiger partial charge on any atom is -0.493 e. The quantitative estimate of drug-likeness (QED) is 0.863. The Bertz CT molecular complexity index is 795. The Morgan fingerprint density at radius 2 is 1.65 bits per heavy atom. The van der Waals surface area contributed by atoms with Gasteiger partial charge in [-0.1, -0.05) is 0 Å². The minimum atomic E-state index is -0.526. The van der Waals surface area contributed by atoms with E-state index < -0.39 is 6.09 Å². The average molecular weight is 320 g/mol. The molecule has 1 amide bonds. The number of nitrogens with zero attached hydrogens (tertiary/aromatic N) is 2. The van der Waals surface area contributed by atoms with Crippen molar-refractivity contribution in [2.75, 3.05) is 28.3 Å². The topological polar surface area (TPSA) is 70.0 Å². The first-order valence-corrected chi connectivity index (χ1v) is 7.11. The van der Waals surface area contributed by atoms with E-state index in [1.807, 2.05) is 6.92 Å². The SMILES string of the molecule is CCn1cc(OC(=O)N(C)C)c2cc(OC)c(OC)cc2c1=O. The second kappa shape index (κ2) is 6.60. The zero-order valence-electron chi connectivity index (χ0n) is 13.9. The van der Waals surface area contributed by atoms with E-state index in [1.165, 1.54) is 29.9 Å². The highest BCUT2D eigenvalue weighted by Crippen LogP contribution is 2.35. The molecule has 0 bridgehead atoms. The highest BCUT2D eigenvalue weighted by molar-refractivity contribution is 5.92. The van der Waals surface area contributed by atoms with E-state index in [0.29, 0.717) is 34.6 Å². The van der Waals surface area contributed by atoms with Gasteiger partial charge in [0.25, 0.3) is 5.56 Å². The Hall–Kier alpha value is -2.70. The summed E-state index contributed by atoms with van der Waals surface area (Å²) in [5, 5.41) is 0.890. The van der Waals surface area contributed by atoms with Crippen molar-refractivity contribution < 1.29 is 19.0 Å². The van der Waals surface area contributed by atoms with Gasteiger partial charge in [-0.25, -0.2) is 4.79 Å². The number of aryl methyl sites for hydroxylation is 1. The summed E-state index contributed by atoms with van der Waals surface area (Å²) in [7, 11) is 6.17. The molecule has 2 rings (SSSR count). The Balaban J connectivity index is 2.77. The molecule has 0 spiro atoms. The number of methoxy groups -OCH3 is 2. The summed E-state index contributed by atoms with van der Waals surface area (Å²) in [5.74, 6) is 1.19. The summed E-state index contributed by atoms with van der Waals surface area (Å²) in [4.78, 5) is 25.7. The van der Waals surface area contributed by atoms with Crippen LogP contribution in [0.3, 0.4) is 0 Å². The van der Waals surface area contributed by atoms with Crippen molar-refractivity contribution in [3.05, 3.63) is 28.7 Å². The van der Waals surface area contributed by atoms with E-state index in [9.17, 15) is 9.59 Å². The molecule has 0 radical (unpaired) electrons. The Kier molecular flexibility index (Phi) is 4.78. The van der Waals surface area contributed by atoms with Gasteiger partial charge >= 0.3 is 6.09 Å². The standard InChI is InChI=1S/C16H20N2O5/c1-6-18-9-14(23-16(20)17(2)3)10-7-12(21-4)13(22-5)8-11(10)15(18)19/h7-9H,6H2,1-5H3. The molecule has 0 aliphatic rings. The van der Waals surface area contributed by atoms with Gasteiger partial charge < -0.3 is 23.7 Å². The predicted molar refractivity (Wildman–Crippen MR) is 86.7 cm³/mol. The molecule has 2 aromatic rings. The van der Waals surface area contributed by atoms with Crippen molar-refractivity contribution >= 4 is 16.9 Å². The maximum Gasteiger partial charge on any atom is 0.414 e. The number of benzene rings is 1. The zero-order chi connectivity index (χ0) is 17.1. The lowest BCUT2D eigenvalue weighted by Gasteiger charge is -2.16. The third-order valence-electron chi connectivity index (χ3n) is 3.46. The smallest absolute Gasteiger partial charge is 0.414 e. The van der Waals surface area contributed by atoms with E-state index in [0.717, 1.165) is 0 Å². The van der Waals surface area contributed by atoms with E-state index in [1.54, 1.807) is 26.2 Å². The summed E-state index contributed by atoms with van der Waals surface area (Å²) in [6.45, 7) is 2.29. The van der Waals surface area contributed by atoms with Crippen molar-refractivity contribution in [2.45, 2.75) is 13.5 Å². The number of carbonyl (C=O) groups excluding carboxylic acids is 1. The van der Waals surface area contributed by atoms with Gasteiger partial charge in [0.1, 0.15) is 0 Å². The monoisotopic (exact) mass is 320 g/mol. The first-order chi connectivity index (χ1) is 10.9. The van der Waals surface area contributed by atoms with Crippen LogP contribution in [0.4, 0.5) is 4.79 Å². The van der Waals surface area contributed by atoms with Crippen molar-refractivity contribution in [3.8, 4) is 17.2 Å². The summed E-state index contributed by atoms with van der Waals surface area (Å²) >= 11 is 0. The number of carbonyl (C=O) groups is 1. The van der Waals surface area contributed by atoms with E-state index in [-0.39, 0.29) is 5.56 Å². The number of hydrogen-bond acceptors (Lipinski definition) is 5. The van der Waals surface area contributed by atoms with E-state index in [2.05, 4.69) is 0 Å². The molecule has 23 heavy (non-hydrogen) atoms. The Morgan fingerprint density at radius 3 is 2.13 bits per heavy atom. The first-order valence-electron chi connectivity index (χ1n) is 7.11. The molecule has 7 nitrogen and oxygen atoms in total. The molecule has 0 saturated heterocycles. The highest BCUT2D eigenvalue weighted by Gasteiger charge is 2.17. The fraction of sp³-hybridized carbons (Fsp3) is 0.375. The first kappa shape index (κ1) is 16.7. The summed E-state index contributed by atoms with van der Waals surface area (Å²) in [5.41, 5.74) is -0.187. The van der Waals surface area contributed by atoms with Crippen molar-refractivity contribution in [3.63, 3.8) is 0 Å². The van der Waals surface area contributed by atoms with Crippen molar-refractivity contribution in [2.24, 2.45) is 0 Å². The van der Waals surface area contributed by atoms with Gasteiger partial charge in [-0.05, 0) is 19.1 Å². The van der Waals surface area contributed by atoms with Crippen LogP contribution in [0, 0.1) is 0 Å². The van der Waals surface area contributed by atoms with Crippen LogP contribution in [0.15, 0.2) is 23.1 Å². The molecule has 0 aliphatic carbocycles. The predicted octanol–water partition coefficient (Wildman–Crippen LogP) is 2.10. The summed E-state index contributed by atoms with van der Waals surface area (Å²) in [6.07, 6.45) is 1.00. The van der Waals surface area contributed by atoms with Gasteiger partial charge in [0.15, 0.2) is 17.2 Å². The van der Waals surface area contributed by atoms with Crippen molar-refractivity contribution in [1.29, 1.82) is 0 Å². The maximum absolute atomic E-state index is 12.5. The number of fused-ring (bicyclic) bond motifs is 1. The van der Waals surface area contributed by atoms with Crippen LogP contribution in [0.25, 0.3) is 10.8 Å². The van der Waals surface area contributed by atoms with Gasteiger partial charge in [0, 0.05) is 26.0 Å². The van der Waals surface area contributed by atoms with Gasteiger partial charge in [0.05, 0.1) is 25.8 Å². The molecular weight excluding hydrogens is 300 g/mol. The van der Waals surface area contributed by atoms with E-state index >= 15 is 0 Å². The normalized spacial score (nSPS) is 10.5. The third-order valence-corrected chi connectivity index (χ3v) is 3.46. The summed E-state index contributed by atoms with van der Waals surface area (Å²) < 4.78 is 17.4. The molecule has 0 unspecified atom stereocenters. The Morgan fingerprint density at radius 1 is 1.09 bits per heavy atom. The zero-order valence-corrected chi connectivity index (χ0v) is 13.9. The number of ether oxygens (including phenoxy) is 3. The molecule has 0 fully saturated rings.